The van der Waals surface area contributed by atoms with Gasteiger partial charge in [-0.05, 0) is 55.4 Å². The summed E-state index contributed by atoms with van der Waals surface area (Å²) in [4.78, 5) is 0. The van der Waals surface area contributed by atoms with Crippen LogP contribution >= 0.6 is 15.9 Å². The molecule has 0 aromatic heterocycles. The lowest BCUT2D eigenvalue weighted by Crippen LogP contribution is -2.37. The monoisotopic (exact) mass is 295 g/mol. The summed E-state index contributed by atoms with van der Waals surface area (Å²) in [6, 6.07) is 7.17. The molecule has 0 saturated heterocycles. The molecule has 1 saturated carbocycles. The van der Waals surface area contributed by atoms with Gasteiger partial charge in [-0.25, -0.2) is 0 Å². The van der Waals surface area contributed by atoms with Crippen molar-refractivity contribution in [3.8, 4) is 0 Å². The maximum Gasteiger partial charge on any atom is 0.0345 e. The number of nitrogens with one attached hydrogen (secondary N) is 1. The highest BCUT2D eigenvalue weighted by Crippen LogP contribution is 2.32. The summed E-state index contributed by atoms with van der Waals surface area (Å²) in [5.74, 6) is 1.56. The summed E-state index contributed by atoms with van der Waals surface area (Å²) in [5.41, 5.74) is 2.56. The van der Waals surface area contributed by atoms with Crippen LogP contribution in [0.4, 0.5) is 5.69 Å². The Balaban J connectivity index is 2.10. The first-order valence-corrected chi connectivity index (χ1v) is 7.40. The van der Waals surface area contributed by atoms with Crippen LogP contribution in [-0.2, 0) is 0 Å². The topological polar surface area (TPSA) is 12.0 Å². The van der Waals surface area contributed by atoms with Gasteiger partial charge in [0.05, 0.1) is 0 Å². The van der Waals surface area contributed by atoms with Gasteiger partial charge in [0.2, 0.25) is 0 Å². The highest BCUT2D eigenvalue weighted by molar-refractivity contribution is 9.10. The van der Waals surface area contributed by atoms with Crippen LogP contribution in [0.1, 0.15) is 38.7 Å². The highest BCUT2D eigenvalue weighted by atomic mass is 79.9. The van der Waals surface area contributed by atoms with Gasteiger partial charge >= 0.3 is 0 Å². The number of halogens is 1. The molecule has 1 fully saturated rings. The summed E-state index contributed by atoms with van der Waals surface area (Å²) < 4.78 is 1.19. The Morgan fingerprint density at radius 2 is 1.82 bits per heavy atom. The van der Waals surface area contributed by atoms with E-state index in [0.29, 0.717) is 6.04 Å². The molecule has 2 heteroatoms. The maximum atomic E-state index is 3.73. The standard InChI is InChI=1S/C15H22BrN/c1-10-5-4-6-11(2)15(10)17-13-7-8-14(16)12(3)9-13/h7-11,15,17H,4-6H2,1-3H3. The molecule has 1 nitrogen and oxygen atoms in total. The van der Waals surface area contributed by atoms with Crippen molar-refractivity contribution in [1.82, 2.24) is 0 Å². The number of rotatable bonds is 2. The molecular formula is C15H22BrN. The Labute approximate surface area is 113 Å². The first kappa shape index (κ1) is 12.9. The van der Waals surface area contributed by atoms with Gasteiger partial charge < -0.3 is 5.32 Å². The lowest BCUT2D eigenvalue weighted by molar-refractivity contribution is 0.268. The summed E-state index contributed by atoms with van der Waals surface area (Å²) in [7, 11) is 0. The van der Waals surface area contributed by atoms with Crippen LogP contribution < -0.4 is 5.32 Å². The van der Waals surface area contributed by atoms with Crippen LogP contribution in [0.2, 0.25) is 0 Å². The number of anilines is 1. The molecular weight excluding hydrogens is 274 g/mol. The van der Waals surface area contributed by atoms with Gasteiger partial charge in [0, 0.05) is 16.2 Å². The van der Waals surface area contributed by atoms with Crippen molar-refractivity contribution in [2.75, 3.05) is 5.32 Å². The minimum absolute atomic E-state index is 0.629. The zero-order chi connectivity index (χ0) is 12.4. The molecule has 2 rings (SSSR count). The van der Waals surface area contributed by atoms with Crippen LogP contribution in [0.25, 0.3) is 0 Å². The third-order valence-corrected chi connectivity index (χ3v) is 4.93. The van der Waals surface area contributed by atoms with E-state index in [2.05, 4.69) is 60.2 Å². The molecule has 1 aromatic rings. The van der Waals surface area contributed by atoms with Gasteiger partial charge in [-0.2, -0.15) is 0 Å². The average Bonchev–Trinajstić information content (AvgIpc) is 2.28. The smallest absolute Gasteiger partial charge is 0.0345 e. The normalized spacial score (nSPS) is 29.1. The van der Waals surface area contributed by atoms with Crippen molar-refractivity contribution in [1.29, 1.82) is 0 Å². The van der Waals surface area contributed by atoms with Gasteiger partial charge in [-0.15, -0.1) is 0 Å². The molecule has 1 N–H and O–H groups in total. The first-order chi connectivity index (χ1) is 8.08. The van der Waals surface area contributed by atoms with Crippen molar-refractivity contribution >= 4 is 21.6 Å². The molecule has 2 atom stereocenters. The third-order valence-electron chi connectivity index (χ3n) is 4.04. The van der Waals surface area contributed by atoms with E-state index in [1.54, 1.807) is 0 Å². The second-order valence-corrected chi connectivity index (χ2v) is 6.37. The fraction of sp³-hybridized carbons (Fsp3) is 0.600. The van der Waals surface area contributed by atoms with Gasteiger partial charge in [-0.3, -0.25) is 0 Å². The van der Waals surface area contributed by atoms with E-state index in [0.717, 1.165) is 11.8 Å². The van der Waals surface area contributed by atoms with E-state index < -0.39 is 0 Å². The summed E-state index contributed by atoms with van der Waals surface area (Å²) in [5, 5.41) is 3.73. The van der Waals surface area contributed by atoms with Crippen LogP contribution in [0.3, 0.4) is 0 Å². The molecule has 2 unspecified atom stereocenters. The molecule has 1 aromatic carbocycles. The van der Waals surface area contributed by atoms with Crippen molar-refractivity contribution in [2.24, 2.45) is 11.8 Å². The van der Waals surface area contributed by atoms with Crippen molar-refractivity contribution in [2.45, 2.75) is 46.1 Å². The average molecular weight is 296 g/mol. The molecule has 0 bridgehead atoms. The Morgan fingerprint density at radius 1 is 1.18 bits per heavy atom. The fourth-order valence-corrected chi connectivity index (χ4v) is 3.14. The minimum Gasteiger partial charge on any atom is -0.382 e. The van der Waals surface area contributed by atoms with Gasteiger partial charge in [0.1, 0.15) is 0 Å². The summed E-state index contributed by atoms with van der Waals surface area (Å²) in [6.07, 6.45) is 4.11. The van der Waals surface area contributed by atoms with Crippen molar-refractivity contribution < 1.29 is 0 Å². The second kappa shape index (κ2) is 5.43. The molecule has 17 heavy (non-hydrogen) atoms. The molecule has 94 valence electrons. The number of benzene rings is 1. The Kier molecular flexibility index (Phi) is 4.13. The van der Waals surface area contributed by atoms with Gasteiger partial charge in [0.15, 0.2) is 0 Å². The van der Waals surface area contributed by atoms with Crippen LogP contribution in [0.5, 0.6) is 0 Å². The third kappa shape index (κ3) is 3.04. The molecule has 0 radical (unpaired) electrons. The maximum absolute atomic E-state index is 3.73. The van der Waals surface area contributed by atoms with E-state index in [9.17, 15) is 0 Å². The summed E-state index contributed by atoms with van der Waals surface area (Å²) >= 11 is 3.55. The van der Waals surface area contributed by atoms with Crippen LogP contribution in [0.15, 0.2) is 22.7 Å². The number of hydrogen-bond donors (Lipinski definition) is 1. The Hall–Kier alpha value is -0.500. The predicted molar refractivity (Wildman–Crippen MR) is 78.5 cm³/mol. The van der Waals surface area contributed by atoms with E-state index in [1.165, 1.54) is 35.0 Å². The molecule has 0 amide bonds. The molecule has 0 heterocycles. The Morgan fingerprint density at radius 3 is 2.41 bits per heavy atom. The number of aryl methyl sites for hydroxylation is 1. The van der Waals surface area contributed by atoms with E-state index >= 15 is 0 Å². The lowest BCUT2D eigenvalue weighted by atomic mass is 9.78. The molecule has 0 aliphatic heterocycles. The quantitative estimate of drug-likeness (QED) is 0.810. The van der Waals surface area contributed by atoms with Crippen LogP contribution in [0, 0.1) is 18.8 Å². The zero-order valence-corrected chi connectivity index (χ0v) is 12.5. The second-order valence-electron chi connectivity index (χ2n) is 5.52. The SMILES string of the molecule is Cc1cc(NC2C(C)CCCC2C)ccc1Br. The molecule has 1 aliphatic rings. The number of hydrogen-bond acceptors (Lipinski definition) is 1. The molecule has 1 aliphatic carbocycles. The minimum atomic E-state index is 0.629. The van der Waals surface area contributed by atoms with Crippen molar-refractivity contribution in [3.05, 3.63) is 28.2 Å². The Bertz CT molecular complexity index is 379. The fourth-order valence-electron chi connectivity index (χ4n) is 2.89. The van der Waals surface area contributed by atoms with Crippen LogP contribution in [-0.4, -0.2) is 6.04 Å². The predicted octanol–water partition coefficient (Wildman–Crippen LogP) is 4.99. The van der Waals surface area contributed by atoms with E-state index in [-0.39, 0.29) is 0 Å². The first-order valence-electron chi connectivity index (χ1n) is 6.60. The van der Waals surface area contributed by atoms with Crippen molar-refractivity contribution in [3.63, 3.8) is 0 Å². The van der Waals surface area contributed by atoms with E-state index in [1.807, 2.05) is 0 Å². The molecule has 0 spiro atoms. The highest BCUT2D eigenvalue weighted by Gasteiger charge is 2.27. The van der Waals surface area contributed by atoms with Gasteiger partial charge in [-0.1, -0.05) is 36.2 Å². The van der Waals surface area contributed by atoms with E-state index in [4.69, 9.17) is 0 Å². The summed E-state index contributed by atoms with van der Waals surface area (Å²) in [6.45, 7) is 6.89. The van der Waals surface area contributed by atoms with Gasteiger partial charge in [0.25, 0.3) is 0 Å². The zero-order valence-electron chi connectivity index (χ0n) is 11.0. The largest absolute Gasteiger partial charge is 0.382 e. The lowest BCUT2D eigenvalue weighted by Gasteiger charge is -2.36.